The second-order valence-corrected chi connectivity index (χ2v) is 6.04. The standard InChI is InChI=1S/C16H32N2.C2HN3/c1-3-4-5-6-7-8-9-10-11-12-13-18-15-14-17(2)16-18;3-1-5-2-4/h14-15H,3-13,16H2,1-2H3;5H. The second kappa shape index (κ2) is 16.5. The van der Waals surface area contributed by atoms with Crippen LogP contribution in [0.5, 0.6) is 0 Å². The number of hydrogen-bond donors (Lipinski definition) is 1. The molecule has 0 aromatic rings. The summed E-state index contributed by atoms with van der Waals surface area (Å²) in [4.78, 5) is 4.64. The van der Waals surface area contributed by atoms with Gasteiger partial charge in [0.2, 0.25) is 0 Å². The molecule has 0 saturated heterocycles. The van der Waals surface area contributed by atoms with E-state index in [1.165, 1.54) is 83.1 Å². The van der Waals surface area contributed by atoms with Crippen molar-refractivity contribution in [3.05, 3.63) is 12.4 Å². The van der Waals surface area contributed by atoms with E-state index in [9.17, 15) is 0 Å². The highest BCUT2D eigenvalue weighted by molar-refractivity contribution is 4.88. The van der Waals surface area contributed by atoms with Crippen LogP contribution in [0, 0.1) is 22.9 Å². The Morgan fingerprint density at radius 2 is 1.39 bits per heavy atom. The Bertz CT molecular complexity index is 355. The summed E-state index contributed by atoms with van der Waals surface area (Å²) in [5.74, 6) is 0. The third-order valence-electron chi connectivity index (χ3n) is 3.85. The third-order valence-corrected chi connectivity index (χ3v) is 3.85. The highest BCUT2D eigenvalue weighted by Crippen LogP contribution is 2.11. The molecule has 0 aromatic heterocycles. The van der Waals surface area contributed by atoms with E-state index in [0.29, 0.717) is 0 Å². The predicted molar refractivity (Wildman–Crippen MR) is 94.7 cm³/mol. The highest BCUT2D eigenvalue weighted by Gasteiger charge is 2.06. The molecule has 0 amide bonds. The fraction of sp³-hybridized carbons (Fsp3) is 0.778. The van der Waals surface area contributed by atoms with Crippen LogP contribution in [0.4, 0.5) is 0 Å². The van der Waals surface area contributed by atoms with Gasteiger partial charge in [-0.3, -0.25) is 0 Å². The number of unbranched alkanes of at least 4 members (excludes halogenated alkanes) is 9. The van der Waals surface area contributed by atoms with E-state index in [4.69, 9.17) is 10.5 Å². The van der Waals surface area contributed by atoms with E-state index < -0.39 is 0 Å². The van der Waals surface area contributed by atoms with Crippen molar-refractivity contribution in [3.8, 4) is 12.4 Å². The fourth-order valence-electron chi connectivity index (χ4n) is 2.56. The molecule has 0 aliphatic carbocycles. The van der Waals surface area contributed by atoms with Crippen LogP contribution in [0.1, 0.15) is 71.1 Å². The Hall–Kier alpha value is -1.88. The van der Waals surface area contributed by atoms with E-state index in [1.54, 1.807) is 5.32 Å². The number of nitriles is 2. The molecule has 0 spiro atoms. The molecular weight excluding hydrogens is 286 g/mol. The van der Waals surface area contributed by atoms with Crippen LogP contribution in [0.2, 0.25) is 0 Å². The molecule has 130 valence electrons. The average molecular weight is 319 g/mol. The summed E-state index contributed by atoms with van der Waals surface area (Å²) in [5, 5.41) is 16.7. The predicted octanol–water partition coefficient (Wildman–Crippen LogP) is 4.12. The van der Waals surface area contributed by atoms with Crippen molar-refractivity contribution >= 4 is 0 Å². The number of nitrogens with zero attached hydrogens (tertiary/aromatic N) is 4. The minimum absolute atomic E-state index is 1.08. The molecule has 1 N–H and O–H groups in total. The van der Waals surface area contributed by atoms with Crippen molar-refractivity contribution in [1.82, 2.24) is 15.1 Å². The zero-order valence-electron chi connectivity index (χ0n) is 14.9. The second-order valence-electron chi connectivity index (χ2n) is 6.04. The Kier molecular flexibility index (Phi) is 15.1. The summed E-state index contributed by atoms with van der Waals surface area (Å²) in [6, 6.07) is 0. The van der Waals surface area contributed by atoms with Crippen LogP contribution >= 0.6 is 0 Å². The van der Waals surface area contributed by atoms with Crippen LogP contribution in [0.25, 0.3) is 0 Å². The third kappa shape index (κ3) is 14.8. The van der Waals surface area contributed by atoms with Crippen LogP contribution in [-0.4, -0.2) is 30.1 Å². The quantitative estimate of drug-likeness (QED) is 0.352. The van der Waals surface area contributed by atoms with E-state index in [-0.39, 0.29) is 0 Å². The van der Waals surface area contributed by atoms with Crippen molar-refractivity contribution < 1.29 is 0 Å². The van der Waals surface area contributed by atoms with Crippen LogP contribution in [0.3, 0.4) is 0 Å². The molecule has 1 rings (SSSR count). The summed E-state index contributed by atoms with van der Waals surface area (Å²) < 4.78 is 0. The van der Waals surface area contributed by atoms with Gasteiger partial charge in [-0.15, -0.1) is 0 Å². The maximum absolute atomic E-state index is 7.48. The molecule has 0 radical (unpaired) electrons. The molecule has 0 unspecified atom stereocenters. The molecule has 0 saturated carbocycles. The summed E-state index contributed by atoms with van der Waals surface area (Å²) in [6.07, 6.45) is 21.4. The van der Waals surface area contributed by atoms with Gasteiger partial charge in [0.15, 0.2) is 12.4 Å². The first-order valence-corrected chi connectivity index (χ1v) is 8.90. The van der Waals surface area contributed by atoms with Crippen LogP contribution < -0.4 is 5.32 Å². The molecule has 1 aliphatic heterocycles. The van der Waals surface area contributed by atoms with Gasteiger partial charge >= 0.3 is 0 Å². The van der Waals surface area contributed by atoms with E-state index in [0.717, 1.165) is 6.67 Å². The Balaban J connectivity index is 0.000000841. The number of rotatable bonds is 11. The lowest BCUT2D eigenvalue weighted by Crippen LogP contribution is -2.23. The number of hydrogen-bond acceptors (Lipinski definition) is 5. The zero-order valence-corrected chi connectivity index (χ0v) is 14.9. The minimum Gasteiger partial charge on any atom is -0.362 e. The highest BCUT2D eigenvalue weighted by atomic mass is 15.3. The van der Waals surface area contributed by atoms with Crippen LogP contribution in [0.15, 0.2) is 12.4 Å². The van der Waals surface area contributed by atoms with Crippen molar-refractivity contribution in [2.24, 2.45) is 0 Å². The molecule has 5 heteroatoms. The monoisotopic (exact) mass is 319 g/mol. The van der Waals surface area contributed by atoms with Gasteiger partial charge in [0.25, 0.3) is 0 Å². The molecular formula is C18H33N5. The average Bonchev–Trinajstić information content (AvgIpc) is 2.96. The fourth-order valence-corrected chi connectivity index (χ4v) is 2.56. The first kappa shape index (κ1) is 21.1. The Morgan fingerprint density at radius 3 is 1.78 bits per heavy atom. The lowest BCUT2D eigenvalue weighted by atomic mass is 10.1. The molecule has 0 fully saturated rings. The van der Waals surface area contributed by atoms with E-state index in [1.807, 2.05) is 0 Å². The summed E-state index contributed by atoms with van der Waals surface area (Å²) in [6.45, 7) is 4.60. The van der Waals surface area contributed by atoms with E-state index in [2.05, 4.69) is 36.2 Å². The lowest BCUT2D eigenvalue weighted by Gasteiger charge is -2.17. The van der Waals surface area contributed by atoms with Crippen molar-refractivity contribution in [2.75, 3.05) is 20.3 Å². The van der Waals surface area contributed by atoms with Gasteiger partial charge in [-0.2, -0.15) is 10.5 Å². The molecule has 0 bridgehead atoms. The van der Waals surface area contributed by atoms with Crippen molar-refractivity contribution in [1.29, 1.82) is 10.5 Å². The molecule has 1 heterocycles. The minimum atomic E-state index is 1.08. The molecule has 0 atom stereocenters. The summed E-state index contributed by atoms with van der Waals surface area (Å²) >= 11 is 0. The van der Waals surface area contributed by atoms with Gasteiger partial charge in [0.05, 0.1) is 6.67 Å². The lowest BCUT2D eigenvalue weighted by molar-refractivity contribution is 0.290. The van der Waals surface area contributed by atoms with E-state index >= 15 is 0 Å². The largest absolute Gasteiger partial charge is 0.362 e. The molecule has 1 aliphatic rings. The summed E-state index contributed by atoms with van der Waals surface area (Å²) in [7, 11) is 2.13. The van der Waals surface area contributed by atoms with Crippen molar-refractivity contribution in [2.45, 2.75) is 71.1 Å². The number of nitrogens with one attached hydrogen (secondary N) is 1. The van der Waals surface area contributed by atoms with Gasteiger partial charge < -0.3 is 9.80 Å². The Labute approximate surface area is 142 Å². The van der Waals surface area contributed by atoms with Gasteiger partial charge in [0, 0.05) is 26.0 Å². The molecule has 23 heavy (non-hydrogen) atoms. The zero-order chi connectivity index (χ0) is 17.2. The van der Waals surface area contributed by atoms with Crippen LogP contribution in [-0.2, 0) is 0 Å². The summed E-state index contributed by atoms with van der Waals surface area (Å²) in [5.41, 5.74) is 0. The van der Waals surface area contributed by atoms with Gasteiger partial charge in [0.1, 0.15) is 0 Å². The molecule has 5 nitrogen and oxygen atoms in total. The maximum atomic E-state index is 7.48. The van der Waals surface area contributed by atoms with Crippen molar-refractivity contribution in [3.63, 3.8) is 0 Å². The smallest absolute Gasteiger partial charge is 0.190 e. The Morgan fingerprint density at radius 1 is 0.870 bits per heavy atom. The first-order chi connectivity index (χ1) is 11.2. The molecule has 0 aromatic carbocycles. The SMILES string of the molecule is CCCCCCCCCCCCN1C=CN(C)C1.N#CNC#N. The van der Waals surface area contributed by atoms with Gasteiger partial charge in [-0.1, -0.05) is 64.7 Å². The maximum Gasteiger partial charge on any atom is 0.190 e. The normalized spacial score (nSPS) is 12.3. The first-order valence-electron chi connectivity index (χ1n) is 8.90. The van der Waals surface area contributed by atoms with Gasteiger partial charge in [-0.25, -0.2) is 5.32 Å². The topological polar surface area (TPSA) is 66.1 Å². The van der Waals surface area contributed by atoms with Gasteiger partial charge in [-0.05, 0) is 6.42 Å².